The number of aromatic nitrogens is 3. The molecule has 4 nitrogen and oxygen atoms in total. The van der Waals surface area contributed by atoms with Crippen molar-refractivity contribution in [1.82, 2.24) is 15.0 Å². The van der Waals surface area contributed by atoms with Gasteiger partial charge < -0.3 is 4.42 Å². The minimum Gasteiger partial charge on any atom is -0.456 e. The Morgan fingerprint density at radius 3 is 1.72 bits per heavy atom. The second kappa shape index (κ2) is 15.1. The first kappa shape index (κ1) is 37.1. The molecule has 3 heterocycles. The van der Waals surface area contributed by atoms with Crippen molar-refractivity contribution in [3.8, 4) is 45.2 Å². The van der Waals surface area contributed by atoms with Gasteiger partial charge in [0.1, 0.15) is 11.2 Å². The monoisotopic (exact) mass is 829 g/mol. The van der Waals surface area contributed by atoms with Gasteiger partial charge in [-0.1, -0.05) is 170 Å². The quantitative estimate of drug-likeness (QED) is 0.157. The summed E-state index contributed by atoms with van der Waals surface area (Å²) in [6.45, 7) is 0. The van der Waals surface area contributed by atoms with E-state index in [0.29, 0.717) is 5.82 Å². The van der Waals surface area contributed by atoms with Gasteiger partial charge in [0.05, 0.1) is 22.6 Å². The van der Waals surface area contributed by atoms with E-state index in [-0.39, 0.29) is 0 Å². The molecule has 0 saturated heterocycles. The van der Waals surface area contributed by atoms with E-state index in [0.717, 1.165) is 95.8 Å². The number of pyridine rings is 1. The van der Waals surface area contributed by atoms with Gasteiger partial charge in [0.25, 0.3) is 0 Å². The molecule has 1 aliphatic rings. The Bertz CT molecular complexity index is 3850. The molecule has 9 aromatic carbocycles. The van der Waals surface area contributed by atoms with Gasteiger partial charge in [-0.25, -0.2) is 15.0 Å². The number of nitrogens with zero attached hydrogens (tertiary/aromatic N) is 3. The molecule has 1 aliphatic carbocycles. The zero-order valence-corrected chi connectivity index (χ0v) is 35.4. The zero-order valence-electron chi connectivity index (χ0n) is 35.4. The highest BCUT2D eigenvalue weighted by atomic mass is 16.3. The van der Waals surface area contributed by atoms with Crippen LogP contribution in [0.3, 0.4) is 0 Å². The van der Waals surface area contributed by atoms with E-state index < -0.39 is 0 Å². The topological polar surface area (TPSA) is 51.8 Å². The van der Waals surface area contributed by atoms with Crippen LogP contribution < -0.4 is 0 Å². The van der Waals surface area contributed by atoms with Gasteiger partial charge in [-0.05, 0) is 99.1 Å². The molecular weight excluding hydrogens is 791 g/mol. The van der Waals surface area contributed by atoms with Gasteiger partial charge in [0.2, 0.25) is 0 Å². The fraction of sp³-hybridized carbons (Fsp3) is 0.0328. The molecule has 0 unspecified atom stereocenters. The van der Waals surface area contributed by atoms with Gasteiger partial charge in [0.15, 0.2) is 5.82 Å². The van der Waals surface area contributed by atoms with Crippen molar-refractivity contribution >= 4 is 76.3 Å². The first-order valence-corrected chi connectivity index (χ1v) is 22.3. The molecule has 0 radical (unpaired) electrons. The number of benzene rings is 9. The standard InChI is InChI=1S/C61H39N3O/c1-2-13-38(14-3-1)41-25-29-42(30-26-41)57-58-49-21-8-10-23-52(49)62-60(51(58)36-56-59(57)50-22-9-11-24-55(50)65-56)47-20-12-19-45(35-47)53-37-54(46-31-27-39-15-4-6-17-43(39)33-46)64-61(63-53)48-32-28-40-16-5-7-18-44(40)34-48/h1-25,27-29,31-37H,26,30H2. The second-order valence-corrected chi connectivity index (χ2v) is 17.0. The molecule has 13 rings (SSSR count). The summed E-state index contributed by atoms with van der Waals surface area (Å²) in [4.78, 5) is 16.1. The third-order valence-corrected chi connectivity index (χ3v) is 13.2. The number of hydrogen-bond donors (Lipinski definition) is 0. The van der Waals surface area contributed by atoms with E-state index in [4.69, 9.17) is 19.4 Å². The van der Waals surface area contributed by atoms with Crippen LogP contribution in [0.2, 0.25) is 0 Å². The average Bonchev–Trinajstić information content (AvgIpc) is 3.76. The molecule has 12 aromatic rings. The number of furan rings is 1. The lowest BCUT2D eigenvalue weighted by Gasteiger charge is -2.20. The van der Waals surface area contributed by atoms with Crippen LogP contribution in [0.4, 0.5) is 0 Å². The maximum atomic E-state index is 6.76. The maximum absolute atomic E-state index is 6.76. The van der Waals surface area contributed by atoms with Crippen molar-refractivity contribution in [2.75, 3.05) is 0 Å². The molecule has 0 bridgehead atoms. The predicted molar refractivity (Wildman–Crippen MR) is 271 cm³/mol. The molecule has 0 spiro atoms. The Morgan fingerprint density at radius 1 is 0.354 bits per heavy atom. The molecule has 65 heavy (non-hydrogen) atoms. The smallest absolute Gasteiger partial charge is 0.160 e. The maximum Gasteiger partial charge on any atom is 0.160 e. The van der Waals surface area contributed by atoms with Crippen LogP contribution >= 0.6 is 0 Å². The van der Waals surface area contributed by atoms with Gasteiger partial charge in [-0.3, -0.25) is 0 Å². The summed E-state index contributed by atoms with van der Waals surface area (Å²) < 4.78 is 6.76. The van der Waals surface area contributed by atoms with Crippen molar-refractivity contribution in [1.29, 1.82) is 0 Å². The fourth-order valence-corrected chi connectivity index (χ4v) is 9.97. The van der Waals surface area contributed by atoms with Crippen molar-refractivity contribution < 1.29 is 4.42 Å². The highest BCUT2D eigenvalue weighted by molar-refractivity contribution is 6.25. The van der Waals surface area contributed by atoms with Crippen LogP contribution in [-0.4, -0.2) is 15.0 Å². The summed E-state index contributed by atoms with van der Waals surface area (Å²) in [5.74, 6) is 0.679. The third-order valence-electron chi connectivity index (χ3n) is 13.2. The molecule has 304 valence electrons. The first-order chi connectivity index (χ1) is 32.2. The highest BCUT2D eigenvalue weighted by Gasteiger charge is 2.24. The summed E-state index contributed by atoms with van der Waals surface area (Å²) in [6.07, 6.45) is 6.51. The molecular formula is C61H39N3O. The lowest BCUT2D eigenvalue weighted by molar-refractivity contribution is 0.669. The Morgan fingerprint density at radius 2 is 0.954 bits per heavy atom. The summed E-state index contributed by atoms with van der Waals surface area (Å²) in [7, 11) is 0. The van der Waals surface area contributed by atoms with Gasteiger partial charge in [0, 0.05) is 49.2 Å². The number of hydrogen-bond acceptors (Lipinski definition) is 4. The Labute approximate surface area is 375 Å². The molecule has 3 aromatic heterocycles. The number of rotatable bonds is 6. The Kier molecular flexibility index (Phi) is 8.63. The zero-order chi connectivity index (χ0) is 42.8. The molecule has 0 amide bonds. The molecule has 0 aliphatic heterocycles. The van der Waals surface area contributed by atoms with E-state index in [9.17, 15) is 0 Å². The van der Waals surface area contributed by atoms with Crippen LogP contribution in [0.15, 0.2) is 217 Å². The summed E-state index contributed by atoms with van der Waals surface area (Å²) in [6, 6.07) is 70.7. The van der Waals surface area contributed by atoms with Crippen molar-refractivity contribution in [2.45, 2.75) is 12.8 Å². The minimum atomic E-state index is 0.679. The first-order valence-electron chi connectivity index (χ1n) is 22.3. The minimum absolute atomic E-state index is 0.679. The fourth-order valence-electron chi connectivity index (χ4n) is 9.97. The van der Waals surface area contributed by atoms with E-state index >= 15 is 0 Å². The van der Waals surface area contributed by atoms with Crippen LogP contribution in [0.1, 0.15) is 24.0 Å². The van der Waals surface area contributed by atoms with Crippen LogP contribution in [0.25, 0.3) is 121 Å². The number of para-hydroxylation sites is 2. The van der Waals surface area contributed by atoms with E-state index in [2.05, 4.69) is 212 Å². The molecule has 0 atom stereocenters. The largest absolute Gasteiger partial charge is 0.456 e. The molecule has 0 saturated carbocycles. The molecule has 0 fully saturated rings. The Hall–Kier alpha value is -8.47. The average molecular weight is 830 g/mol. The number of fused-ring (bicyclic) bond motifs is 8. The van der Waals surface area contributed by atoms with Crippen molar-refractivity contribution in [2.24, 2.45) is 0 Å². The predicted octanol–water partition coefficient (Wildman–Crippen LogP) is 16.3. The van der Waals surface area contributed by atoms with E-state index in [1.807, 2.05) is 0 Å². The van der Waals surface area contributed by atoms with Crippen molar-refractivity contribution in [3.63, 3.8) is 0 Å². The van der Waals surface area contributed by atoms with Crippen molar-refractivity contribution in [3.05, 3.63) is 223 Å². The Balaban J connectivity index is 1.03. The summed E-state index contributed by atoms with van der Waals surface area (Å²) in [5, 5.41) is 10.3. The van der Waals surface area contributed by atoms with Crippen LogP contribution in [-0.2, 0) is 0 Å². The van der Waals surface area contributed by atoms with Gasteiger partial charge in [-0.2, -0.15) is 0 Å². The summed E-state index contributed by atoms with van der Waals surface area (Å²) in [5.41, 5.74) is 14.4. The van der Waals surface area contributed by atoms with E-state index in [1.165, 1.54) is 43.8 Å². The van der Waals surface area contributed by atoms with Crippen LogP contribution in [0, 0.1) is 0 Å². The lowest BCUT2D eigenvalue weighted by Crippen LogP contribution is -1.98. The molecule has 4 heteroatoms. The number of allylic oxidation sites excluding steroid dienone is 4. The molecule has 0 N–H and O–H groups in total. The summed E-state index contributed by atoms with van der Waals surface area (Å²) >= 11 is 0. The van der Waals surface area contributed by atoms with Gasteiger partial charge in [-0.15, -0.1) is 0 Å². The van der Waals surface area contributed by atoms with Crippen LogP contribution in [0.5, 0.6) is 0 Å². The second-order valence-electron chi connectivity index (χ2n) is 17.0. The SMILES string of the molecule is C1=C(c2ccccc2)CCC(c2c3c(cc4c(-c5cccc(-c6cc(-c7ccc8ccccc8c7)nc(-c7ccc8ccccc8c7)n6)c5)nc5ccccc5c24)oc2ccccc23)=C1. The normalized spacial score (nSPS) is 13.0. The van der Waals surface area contributed by atoms with Gasteiger partial charge >= 0.3 is 0 Å². The third kappa shape index (κ3) is 6.41. The highest BCUT2D eigenvalue weighted by Crippen LogP contribution is 2.47. The lowest BCUT2D eigenvalue weighted by atomic mass is 9.84. The van der Waals surface area contributed by atoms with E-state index in [1.54, 1.807) is 0 Å².